The van der Waals surface area contributed by atoms with Crippen molar-refractivity contribution in [2.45, 2.75) is 69.5 Å². The van der Waals surface area contributed by atoms with E-state index in [4.69, 9.17) is 13.9 Å². The molecule has 5 rings (SSSR count). The topological polar surface area (TPSA) is 110 Å². The van der Waals surface area contributed by atoms with Gasteiger partial charge in [0.1, 0.15) is 29.5 Å². The summed E-state index contributed by atoms with van der Waals surface area (Å²) in [7, 11) is 0. The first-order valence-electron chi connectivity index (χ1n) is 9.04. The molecular formula is C19H22O7. The maximum absolute atomic E-state index is 12.7. The second kappa shape index (κ2) is 4.58. The minimum Gasteiger partial charge on any atom is -0.458 e. The van der Waals surface area contributed by atoms with E-state index in [0.717, 1.165) is 0 Å². The molecule has 26 heavy (non-hydrogen) atoms. The number of esters is 1. The van der Waals surface area contributed by atoms with Gasteiger partial charge >= 0.3 is 11.6 Å². The Hall–Kier alpha value is -1.70. The fourth-order valence-electron chi connectivity index (χ4n) is 5.85. The molecule has 0 spiro atoms. The number of aliphatic hydroxyl groups is 2. The quantitative estimate of drug-likeness (QED) is 0.560. The maximum atomic E-state index is 12.7. The number of hydrogen-bond acceptors (Lipinski definition) is 7. The molecule has 2 N–H and O–H groups in total. The number of carbonyl (C=O) groups is 1. The van der Waals surface area contributed by atoms with Crippen LogP contribution in [-0.2, 0) is 19.7 Å². The van der Waals surface area contributed by atoms with Gasteiger partial charge in [-0.3, -0.25) is 4.79 Å². The van der Waals surface area contributed by atoms with Crippen molar-refractivity contribution in [1.82, 2.24) is 0 Å². The number of ether oxygens (including phenoxy) is 2. The molecule has 1 saturated carbocycles. The van der Waals surface area contributed by atoms with Crippen molar-refractivity contribution in [3.63, 3.8) is 0 Å². The highest BCUT2D eigenvalue weighted by atomic mass is 16.6. The van der Waals surface area contributed by atoms with Crippen molar-refractivity contribution in [1.29, 1.82) is 0 Å². The second-order valence-electron chi connectivity index (χ2n) is 8.74. The molecule has 8 atom stereocenters. The molecule has 7 nitrogen and oxygen atoms in total. The molecule has 4 aliphatic rings. The Balaban J connectivity index is 1.85. The zero-order chi connectivity index (χ0) is 18.8. The Morgan fingerprint density at radius 3 is 2.46 bits per heavy atom. The van der Waals surface area contributed by atoms with Gasteiger partial charge in [-0.25, -0.2) is 4.79 Å². The van der Waals surface area contributed by atoms with Crippen molar-refractivity contribution in [2.75, 3.05) is 0 Å². The summed E-state index contributed by atoms with van der Waals surface area (Å²) in [5.74, 6) is -0.739. The van der Waals surface area contributed by atoms with Gasteiger partial charge in [-0.15, -0.1) is 0 Å². The molecule has 2 saturated heterocycles. The first kappa shape index (κ1) is 16.5. The van der Waals surface area contributed by atoms with E-state index in [1.807, 2.05) is 20.8 Å². The van der Waals surface area contributed by atoms with Gasteiger partial charge < -0.3 is 24.1 Å². The van der Waals surface area contributed by atoms with Crippen molar-refractivity contribution in [3.8, 4) is 0 Å². The van der Waals surface area contributed by atoms with E-state index in [0.29, 0.717) is 16.9 Å². The van der Waals surface area contributed by atoms with E-state index in [-0.39, 0.29) is 12.0 Å². The summed E-state index contributed by atoms with van der Waals surface area (Å²) in [4.78, 5) is 25.0. The summed E-state index contributed by atoms with van der Waals surface area (Å²) < 4.78 is 16.8. The van der Waals surface area contributed by atoms with Crippen LogP contribution in [0.15, 0.2) is 15.3 Å². The maximum Gasteiger partial charge on any atom is 0.336 e. The Morgan fingerprint density at radius 2 is 1.81 bits per heavy atom. The van der Waals surface area contributed by atoms with Gasteiger partial charge in [0.2, 0.25) is 0 Å². The van der Waals surface area contributed by atoms with Gasteiger partial charge in [0, 0.05) is 28.9 Å². The molecule has 0 aromatic carbocycles. The lowest BCUT2D eigenvalue weighted by molar-refractivity contribution is -0.156. The lowest BCUT2D eigenvalue weighted by Gasteiger charge is -2.51. The average Bonchev–Trinajstić information content (AvgIpc) is 3.33. The molecule has 1 aromatic rings. The molecular weight excluding hydrogens is 340 g/mol. The number of fused-ring (bicyclic) bond motifs is 4. The van der Waals surface area contributed by atoms with Crippen molar-refractivity contribution >= 4 is 5.97 Å². The monoisotopic (exact) mass is 362 g/mol. The summed E-state index contributed by atoms with van der Waals surface area (Å²) in [6, 6.07) is 1.40. The van der Waals surface area contributed by atoms with Crippen LogP contribution in [-0.4, -0.2) is 40.6 Å². The lowest BCUT2D eigenvalue weighted by Crippen LogP contribution is -2.62. The van der Waals surface area contributed by atoms with Gasteiger partial charge in [-0.05, 0) is 12.5 Å². The molecule has 0 radical (unpaired) electrons. The fourth-order valence-corrected chi connectivity index (χ4v) is 5.85. The van der Waals surface area contributed by atoms with Gasteiger partial charge in [-0.1, -0.05) is 20.8 Å². The lowest BCUT2D eigenvalue weighted by atomic mass is 9.48. The highest BCUT2D eigenvalue weighted by molar-refractivity contribution is 5.82. The third-order valence-corrected chi connectivity index (χ3v) is 7.09. The standard InChI is InChI=1S/C19H22O7/c1-6(2)11-9-7(5-8(20)24-11)18(3)14-12(10(9)21)26-17(23)19(14,4)15(22)13-16(18)25-13/h5-6,10,12-16,21-22H,1-4H3/t10-,12?,13-,14?,15+,16-,18-,19-/m1/s1. The van der Waals surface area contributed by atoms with Crippen LogP contribution in [0.2, 0.25) is 0 Å². The smallest absolute Gasteiger partial charge is 0.336 e. The molecule has 2 unspecified atom stereocenters. The van der Waals surface area contributed by atoms with Crippen LogP contribution in [0.3, 0.4) is 0 Å². The Labute approximate surface area is 149 Å². The van der Waals surface area contributed by atoms with E-state index in [1.54, 1.807) is 6.92 Å². The molecule has 3 heterocycles. The van der Waals surface area contributed by atoms with Crippen molar-refractivity contribution < 1.29 is 28.9 Å². The van der Waals surface area contributed by atoms with E-state index in [2.05, 4.69) is 0 Å². The molecule has 7 heteroatoms. The van der Waals surface area contributed by atoms with E-state index in [9.17, 15) is 19.8 Å². The van der Waals surface area contributed by atoms with Crippen LogP contribution in [0.1, 0.15) is 56.6 Å². The third kappa shape index (κ3) is 1.57. The van der Waals surface area contributed by atoms with Crippen LogP contribution in [0.25, 0.3) is 0 Å². The largest absolute Gasteiger partial charge is 0.458 e. The molecule has 140 valence electrons. The Morgan fingerprint density at radius 1 is 1.12 bits per heavy atom. The minimum atomic E-state index is -1.19. The molecule has 3 fully saturated rings. The second-order valence-corrected chi connectivity index (χ2v) is 8.74. The summed E-state index contributed by atoms with van der Waals surface area (Å²) in [5, 5.41) is 21.8. The van der Waals surface area contributed by atoms with Crippen molar-refractivity contribution in [3.05, 3.63) is 33.4 Å². The number of aliphatic hydroxyl groups excluding tert-OH is 2. The van der Waals surface area contributed by atoms with E-state index in [1.165, 1.54) is 6.07 Å². The van der Waals surface area contributed by atoms with Crippen LogP contribution in [0.4, 0.5) is 0 Å². The van der Waals surface area contributed by atoms with Gasteiger partial charge in [0.05, 0.1) is 12.2 Å². The highest BCUT2D eigenvalue weighted by Crippen LogP contribution is 2.68. The predicted molar refractivity (Wildman–Crippen MR) is 87.5 cm³/mol. The van der Waals surface area contributed by atoms with Gasteiger partial charge in [-0.2, -0.15) is 0 Å². The average molecular weight is 362 g/mol. The first-order chi connectivity index (χ1) is 12.1. The molecule has 0 bridgehead atoms. The van der Waals surface area contributed by atoms with Gasteiger partial charge in [0.25, 0.3) is 0 Å². The SMILES string of the molecule is CC(C)c1oc(=O)cc2c1[C@@H](O)C1OC(=O)[C@]3(C)C1[C@]2(C)[C@@H]1O[C@@H]1[C@@H]3O. The molecule has 0 amide bonds. The molecule has 1 aromatic heterocycles. The zero-order valence-corrected chi connectivity index (χ0v) is 15.1. The number of carbonyl (C=O) groups excluding carboxylic acids is 1. The summed E-state index contributed by atoms with van der Waals surface area (Å²) in [6.07, 6.45) is -3.74. The number of hydrogen-bond donors (Lipinski definition) is 2. The van der Waals surface area contributed by atoms with Crippen LogP contribution in [0.5, 0.6) is 0 Å². The van der Waals surface area contributed by atoms with Crippen LogP contribution >= 0.6 is 0 Å². The fraction of sp³-hybridized carbons (Fsp3) is 0.684. The summed E-state index contributed by atoms with van der Waals surface area (Å²) in [5.41, 5.74) is -1.25. The minimum absolute atomic E-state index is 0.124. The zero-order valence-electron chi connectivity index (χ0n) is 15.1. The van der Waals surface area contributed by atoms with Crippen LogP contribution < -0.4 is 5.63 Å². The van der Waals surface area contributed by atoms with Gasteiger partial charge in [0.15, 0.2) is 0 Å². The first-order valence-corrected chi connectivity index (χ1v) is 9.04. The van der Waals surface area contributed by atoms with Crippen molar-refractivity contribution in [2.24, 2.45) is 11.3 Å². The number of rotatable bonds is 1. The molecule has 2 aliphatic heterocycles. The normalized spacial score (nSPS) is 47.9. The Kier molecular flexibility index (Phi) is 2.90. The van der Waals surface area contributed by atoms with E-state index >= 15 is 0 Å². The third-order valence-electron chi connectivity index (χ3n) is 7.09. The Bertz CT molecular complexity index is 888. The highest BCUT2D eigenvalue weighted by Gasteiger charge is 2.79. The van der Waals surface area contributed by atoms with Crippen LogP contribution in [0, 0.1) is 11.3 Å². The summed E-state index contributed by atoms with van der Waals surface area (Å²) in [6.45, 7) is 7.38. The number of epoxide rings is 1. The molecule has 2 aliphatic carbocycles. The van der Waals surface area contributed by atoms with E-state index < -0.39 is 52.8 Å². The predicted octanol–water partition coefficient (Wildman–Crippen LogP) is 0.758. The summed E-state index contributed by atoms with van der Waals surface area (Å²) >= 11 is 0.